The number of anilines is 3. The van der Waals surface area contributed by atoms with Crippen molar-refractivity contribution in [2.45, 2.75) is 19.0 Å². The predicted molar refractivity (Wildman–Crippen MR) is 150 cm³/mol. The maximum Gasteiger partial charge on any atom is 0.331 e. The summed E-state index contributed by atoms with van der Waals surface area (Å²) in [6.07, 6.45) is 5.02. The summed E-state index contributed by atoms with van der Waals surface area (Å²) in [5.74, 6) is 0.810. The number of carbonyl (C=O) groups is 2. The molecule has 1 saturated heterocycles. The van der Waals surface area contributed by atoms with Gasteiger partial charge in [0.1, 0.15) is 15.5 Å². The Morgan fingerprint density at radius 1 is 1.23 bits per heavy atom. The molecule has 1 aromatic carbocycles. The zero-order chi connectivity index (χ0) is 26.9. The predicted octanol–water partition coefficient (Wildman–Crippen LogP) is 4.75. The first-order valence-corrected chi connectivity index (χ1v) is 13.3. The maximum absolute atomic E-state index is 13.5. The fraction of sp³-hybridized carbons (Fsp3) is 0.214. The van der Waals surface area contributed by atoms with Crippen LogP contribution in [0.4, 0.5) is 21.9 Å². The molecule has 4 aromatic rings. The van der Waals surface area contributed by atoms with Crippen molar-refractivity contribution in [1.82, 2.24) is 20.6 Å². The number of urea groups is 1. The molecule has 3 amide bonds. The molecule has 2 aliphatic heterocycles. The van der Waals surface area contributed by atoms with Crippen LogP contribution in [0.15, 0.2) is 67.5 Å². The zero-order valence-electron chi connectivity index (χ0n) is 21.1. The first-order valence-electron chi connectivity index (χ1n) is 12.5. The third kappa shape index (κ3) is 4.71. The van der Waals surface area contributed by atoms with Crippen molar-refractivity contribution in [1.29, 1.82) is 0 Å². The Kier molecular flexibility index (Phi) is 6.69. The molecule has 6 rings (SSSR count). The van der Waals surface area contributed by atoms with E-state index in [4.69, 9.17) is 9.47 Å². The zero-order valence-corrected chi connectivity index (χ0v) is 22.0. The van der Waals surface area contributed by atoms with Crippen molar-refractivity contribution < 1.29 is 19.1 Å². The van der Waals surface area contributed by atoms with Crippen molar-refractivity contribution in [2.75, 3.05) is 30.0 Å². The Morgan fingerprint density at radius 3 is 2.85 bits per heavy atom. The molecule has 0 aliphatic carbocycles. The molecule has 3 aromatic heterocycles. The summed E-state index contributed by atoms with van der Waals surface area (Å²) in [6.45, 7) is 7.13. The van der Waals surface area contributed by atoms with Crippen LogP contribution in [0.5, 0.6) is 11.6 Å². The van der Waals surface area contributed by atoms with E-state index in [2.05, 4.69) is 32.5 Å². The Balaban J connectivity index is 1.30. The van der Waals surface area contributed by atoms with Crippen molar-refractivity contribution >= 4 is 50.6 Å². The number of rotatable bonds is 8. The summed E-state index contributed by atoms with van der Waals surface area (Å²) in [5.41, 5.74) is 2.49. The van der Waals surface area contributed by atoms with Crippen molar-refractivity contribution in [3.8, 4) is 11.6 Å². The molecule has 2 aliphatic rings. The molecular formula is C28H26N6O4S. The fourth-order valence-electron chi connectivity index (χ4n) is 4.77. The first-order chi connectivity index (χ1) is 19.0. The van der Waals surface area contributed by atoms with Gasteiger partial charge in [0.05, 0.1) is 53.9 Å². The van der Waals surface area contributed by atoms with Gasteiger partial charge < -0.3 is 25.4 Å². The Hall–Kier alpha value is -4.32. The second-order valence-corrected chi connectivity index (χ2v) is 10.2. The standard InChI is InChI=1S/C28H26N6O4S/c1-3-10-29-18-14-37-15-19(18)32-26(35)25-24-23-20(9-11-30-27(23)39-25)34(28(36)33-24)21-13-31-22(12-16(21)2)38-17-7-5-4-6-8-17/h3-9,11-13,18-19,29H,1,10,14-15H2,2H3,(H,32,35)(H,33,36)/t18-,19+/m1/s1. The topological polar surface area (TPSA) is 118 Å². The monoisotopic (exact) mass is 542 g/mol. The number of aromatic nitrogens is 2. The fourth-order valence-corrected chi connectivity index (χ4v) is 5.79. The largest absolute Gasteiger partial charge is 0.439 e. The molecule has 0 spiro atoms. The Morgan fingerprint density at radius 2 is 2.05 bits per heavy atom. The number of carbonyl (C=O) groups excluding carboxylic acids is 2. The maximum atomic E-state index is 13.5. The SMILES string of the molecule is C=CCN[C@@H]1COC[C@@H]1NC(=O)c1sc2nccc3c2c1NC(=O)N3c1cnc(Oc2ccccc2)cc1C. The second-order valence-electron chi connectivity index (χ2n) is 9.23. The number of para-hydroxylation sites is 1. The van der Waals surface area contributed by atoms with Crippen molar-refractivity contribution in [2.24, 2.45) is 0 Å². The molecule has 5 heterocycles. The van der Waals surface area contributed by atoms with Crippen molar-refractivity contribution in [3.63, 3.8) is 0 Å². The van der Waals surface area contributed by atoms with Crippen LogP contribution in [-0.2, 0) is 4.74 Å². The molecule has 2 atom stereocenters. The molecule has 0 bridgehead atoms. The summed E-state index contributed by atoms with van der Waals surface area (Å²) in [5, 5.41) is 10.0. The third-order valence-corrected chi connectivity index (χ3v) is 7.73. The van der Waals surface area contributed by atoms with Gasteiger partial charge in [-0.25, -0.2) is 14.8 Å². The van der Waals surface area contributed by atoms with Crippen LogP contribution in [0.1, 0.15) is 15.2 Å². The summed E-state index contributed by atoms with van der Waals surface area (Å²) in [6, 6.07) is 12.3. The van der Waals surface area contributed by atoms with E-state index in [1.807, 2.05) is 37.3 Å². The van der Waals surface area contributed by atoms with Gasteiger partial charge in [-0.2, -0.15) is 0 Å². The van der Waals surface area contributed by atoms with E-state index in [1.165, 1.54) is 11.3 Å². The normalized spacial score (nSPS) is 18.2. The van der Waals surface area contributed by atoms with Crippen LogP contribution < -0.4 is 25.6 Å². The first kappa shape index (κ1) is 25.0. The number of thiophene rings is 1. The van der Waals surface area contributed by atoms with Gasteiger partial charge >= 0.3 is 6.03 Å². The smallest absolute Gasteiger partial charge is 0.331 e. The van der Waals surface area contributed by atoms with E-state index in [-0.39, 0.29) is 24.0 Å². The van der Waals surface area contributed by atoms with Crippen LogP contribution >= 0.6 is 11.3 Å². The molecule has 0 saturated carbocycles. The summed E-state index contributed by atoms with van der Waals surface area (Å²) in [7, 11) is 0. The third-order valence-electron chi connectivity index (χ3n) is 6.64. The second kappa shape index (κ2) is 10.4. The van der Waals surface area contributed by atoms with Gasteiger partial charge in [-0.3, -0.25) is 9.69 Å². The minimum absolute atomic E-state index is 0.0271. The van der Waals surface area contributed by atoms with E-state index in [9.17, 15) is 9.59 Å². The number of hydrogen-bond acceptors (Lipinski definition) is 8. The van der Waals surface area contributed by atoms with Crippen molar-refractivity contribution in [3.05, 3.63) is 78.0 Å². The van der Waals surface area contributed by atoms with Gasteiger partial charge in [0.2, 0.25) is 5.88 Å². The minimum Gasteiger partial charge on any atom is -0.439 e. The van der Waals surface area contributed by atoms with Crippen LogP contribution in [0, 0.1) is 6.92 Å². The number of hydrogen-bond donors (Lipinski definition) is 3. The number of pyridine rings is 2. The lowest BCUT2D eigenvalue weighted by Gasteiger charge is -2.29. The average Bonchev–Trinajstić information content (AvgIpc) is 3.54. The number of amides is 3. The molecule has 10 nitrogen and oxygen atoms in total. The molecule has 39 heavy (non-hydrogen) atoms. The minimum atomic E-state index is -0.390. The average molecular weight is 543 g/mol. The van der Waals surface area contributed by atoms with E-state index < -0.39 is 0 Å². The highest BCUT2D eigenvalue weighted by atomic mass is 32.1. The summed E-state index contributed by atoms with van der Waals surface area (Å²) >= 11 is 1.24. The highest BCUT2D eigenvalue weighted by Gasteiger charge is 2.35. The Labute approximate surface area is 228 Å². The molecule has 11 heteroatoms. The quantitative estimate of drug-likeness (QED) is 0.275. The van der Waals surface area contributed by atoms with E-state index in [0.717, 1.165) is 5.56 Å². The number of ether oxygens (including phenoxy) is 2. The number of benzene rings is 1. The number of nitrogens with zero attached hydrogens (tertiary/aromatic N) is 3. The van der Waals surface area contributed by atoms with E-state index in [0.29, 0.717) is 63.5 Å². The molecule has 198 valence electrons. The van der Waals surface area contributed by atoms with Crippen LogP contribution in [0.25, 0.3) is 10.2 Å². The molecular weight excluding hydrogens is 516 g/mol. The Bertz CT molecular complexity index is 1570. The van der Waals surface area contributed by atoms with E-state index >= 15 is 0 Å². The number of aryl methyl sites for hydroxylation is 1. The summed E-state index contributed by atoms with van der Waals surface area (Å²) in [4.78, 5) is 38.4. The van der Waals surface area contributed by atoms with Crippen LogP contribution in [-0.4, -0.2) is 53.7 Å². The van der Waals surface area contributed by atoms with Crippen LogP contribution in [0.2, 0.25) is 0 Å². The van der Waals surface area contributed by atoms with Gasteiger partial charge in [-0.15, -0.1) is 17.9 Å². The van der Waals surface area contributed by atoms with Gasteiger partial charge in [-0.1, -0.05) is 24.3 Å². The highest BCUT2D eigenvalue weighted by Crippen LogP contribution is 2.46. The molecule has 1 fully saturated rings. The number of nitrogens with one attached hydrogen (secondary N) is 3. The molecule has 0 unspecified atom stereocenters. The van der Waals surface area contributed by atoms with Gasteiger partial charge in [-0.05, 0) is 30.7 Å². The van der Waals surface area contributed by atoms with Gasteiger partial charge in [0.25, 0.3) is 5.91 Å². The highest BCUT2D eigenvalue weighted by molar-refractivity contribution is 7.21. The van der Waals surface area contributed by atoms with E-state index in [1.54, 1.807) is 35.5 Å². The summed E-state index contributed by atoms with van der Waals surface area (Å²) < 4.78 is 11.4. The van der Waals surface area contributed by atoms with Crippen LogP contribution in [0.3, 0.4) is 0 Å². The van der Waals surface area contributed by atoms with Gasteiger partial charge in [0, 0.05) is 18.8 Å². The van der Waals surface area contributed by atoms with Gasteiger partial charge in [0.15, 0.2) is 0 Å². The molecule has 3 N–H and O–H groups in total. The lowest BCUT2D eigenvalue weighted by atomic mass is 10.1. The molecule has 0 radical (unpaired) electrons. The lowest BCUT2D eigenvalue weighted by Crippen LogP contribution is -2.49. The lowest BCUT2D eigenvalue weighted by molar-refractivity contribution is 0.0932.